The Morgan fingerprint density at radius 3 is 1.51 bits per heavy atom. The molecule has 0 saturated heterocycles. The molecule has 248 valence electrons. The third kappa shape index (κ3) is 5.45. The highest BCUT2D eigenvalue weighted by atomic mass is 16.3. The van der Waals surface area contributed by atoms with Crippen LogP contribution in [0.2, 0.25) is 0 Å². The zero-order chi connectivity index (χ0) is 35.1. The van der Waals surface area contributed by atoms with Gasteiger partial charge in [0.15, 0.2) is 17.5 Å². The number of furan rings is 1. The molecule has 0 aliphatic heterocycles. The molecule has 0 spiro atoms. The van der Waals surface area contributed by atoms with E-state index in [1.807, 2.05) is 66.7 Å². The van der Waals surface area contributed by atoms with Crippen molar-refractivity contribution < 1.29 is 4.42 Å². The number of aromatic nitrogens is 3. The minimum atomic E-state index is 0.617. The molecule has 0 saturated carbocycles. The van der Waals surface area contributed by atoms with Crippen LogP contribution in [0.4, 0.5) is 0 Å². The predicted molar refractivity (Wildman–Crippen MR) is 217 cm³/mol. The average molecular weight is 678 g/mol. The highest BCUT2D eigenvalue weighted by Crippen LogP contribution is 2.45. The smallest absolute Gasteiger partial charge is 0.164 e. The molecule has 0 atom stereocenters. The van der Waals surface area contributed by atoms with Crippen LogP contribution in [0.15, 0.2) is 192 Å². The van der Waals surface area contributed by atoms with E-state index >= 15 is 0 Å². The summed E-state index contributed by atoms with van der Waals surface area (Å²) in [5.74, 6) is 1.89. The van der Waals surface area contributed by atoms with E-state index in [2.05, 4.69) is 121 Å². The Morgan fingerprint density at radius 2 is 0.792 bits per heavy atom. The average Bonchev–Trinajstić information content (AvgIpc) is 3.64. The molecule has 0 bridgehead atoms. The van der Waals surface area contributed by atoms with Crippen molar-refractivity contribution in [2.75, 3.05) is 0 Å². The second-order valence-electron chi connectivity index (χ2n) is 13.2. The van der Waals surface area contributed by atoms with Crippen molar-refractivity contribution in [3.05, 3.63) is 188 Å². The summed E-state index contributed by atoms with van der Waals surface area (Å²) in [5, 5.41) is 4.53. The van der Waals surface area contributed by atoms with Gasteiger partial charge in [-0.3, -0.25) is 0 Å². The lowest BCUT2D eigenvalue weighted by Gasteiger charge is -2.12. The fourth-order valence-electron chi connectivity index (χ4n) is 7.42. The summed E-state index contributed by atoms with van der Waals surface area (Å²) in [6.07, 6.45) is 0. The van der Waals surface area contributed by atoms with Gasteiger partial charge in [-0.15, -0.1) is 0 Å². The summed E-state index contributed by atoms with van der Waals surface area (Å²) in [5.41, 5.74) is 11.0. The highest BCUT2D eigenvalue weighted by molar-refractivity contribution is 6.19. The summed E-state index contributed by atoms with van der Waals surface area (Å²) in [7, 11) is 0. The molecule has 0 N–H and O–H groups in total. The third-order valence-electron chi connectivity index (χ3n) is 9.94. The SMILES string of the molecule is c1ccc(-c2nc(-c3ccccc3)nc(-c3cccc(-c4ccc(-c5cccc6ccccc56)c5oc6c(-c7ccccc7)cccc6c45)c3)n2)cc1. The van der Waals surface area contributed by atoms with Gasteiger partial charge in [0.1, 0.15) is 11.2 Å². The predicted octanol–water partition coefficient (Wildman–Crippen LogP) is 12.9. The third-order valence-corrected chi connectivity index (χ3v) is 9.94. The minimum absolute atomic E-state index is 0.617. The maximum absolute atomic E-state index is 7.05. The Labute approximate surface area is 306 Å². The number of hydrogen-bond donors (Lipinski definition) is 0. The lowest BCUT2D eigenvalue weighted by molar-refractivity contribution is 0.671. The quantitative estimate of drug-likeness (QED) is 0.176. The van der Waals surface area contributed by atoms with Crippen LogP contribution in [-0.4, -0.2) is 15.0 Å². The maximum Gasteiger partial charge on any atom is 0.164 e. The molecule has 0 amide bonds. The van der Waals surface area contributed by atoms with E-state index < -0.39 is 0 Å². The van der Waals surface area contributed by atoms with Crippen molar-refractivity contribution >= 4 is 32.7 Å². The minimum Gasteiger partial charge on any atom is -0.455 e. The Balaban J connectivity index is 1.21. The number of nitrogens with zero attached hydrogens (tertiary/aromatic N) is 3. The van der Waals surface area contributed by atoms with Crippen molar-refractivity contribution in [1.82, 2.24) is 15.0 Å². The molecule has 2 heterocycles. The summed E-state index contributed by atoms with van der Waals surface area (Å²) < 4.78 is 7.05. The van der Waals surface area contributed by atoms with E-state index in [9.17, 15) is 0 Å². The number of rotatable bonds is 6. The zero-order valence-electron chi connectivity index (χ0n) is 28.6. The molecule has 4 nitrogen and oxygen atoms in total. The molecule has 0 fully saturated rings. The van der Waals surface area contributed by atoms with Gasteiger partial charge >= 0.3 is 0 Å². The normalized spacial score (nSPS) is 11.4. The molecule has 53 heavy (non-hydrogen) atoms. The number of benzene rings is 8. The van der Waals surface area contributed by atoms with E-state index in [1.54, 1.807) is 0 Å². The van der Waals surface area contributed by atoms with Gasteiger partial charge < -0.3 is 4.42 Å². The standard InChI is InChI=1S/C49H31N3O/c1-4-15-33(16-5-1)40-26-14-28-43-44-39(29-30-42(46(44)53-45(40)43)41-27-13-22-32-17-10-11-25-38(32)41)36-23-12-24-37(31-36)49-51-47(34-18-6-2-7-19-34)50-48(52-49)35-20-8-3-9-21-35/h1-31H. The van der Waals surface area contributed by atoms with Crippen molar-refractivity contribution in [3.8, 4) is 67.5 Å². The number of fused-ring (bicyclic) bond motifs is 4. The van der Waals surface area contributed by atoms with Crippen LogP contribution in [0.1, 0.15) is 0 Å². The summed E-state index contributed by atoms with van der Waals surface area (Å²) >= 11 is 0. The highest BCUT2D eigenvalue weighted by Gasteiger charge is 2.21. The summed E-state index contributed by atoms with van der Waals surface area (Å²) in [6.45, 7) is 0. The Morgan fingerprint density at radius 1 is 0.302 bits per heavy atom. The first-order valence-electron chi connectivity index (χ1n) is 17.8. The van der Waals surface area contributed by atoms with Gasteiger partial charge in [0, 0.05) is 38.6 Å². The number of hydrogen-bond acceptors (Lipinski definition) is 4. The van der Waals surface area contributed by atoms with E-state index in [0.717, 1.165) is 72.0 Å². The topological polar surface area (TPSA) is 51.8 Å². The van der Waals surface area contributed by atoms with Crippen molar-refractivity contribution in [2.24, 2.45) is 0 Å². The van der Waals surface area contributed by atoms with Crippen LogP contribution in [-0.2, 0) is 0 Å². The fraction of sp³-hybridized carbons (Fsp3) is 0. The van der Waals surface area contributed by atoms with Gasteiger partial charge in [0.25, 0.3) is 0 Å². The van der Waals surface area contributed by atoms with Gasteiger partial charge in [-0.25, -0.2) is 15.0 Å². The molecule has 4 heteroatoms. The summed E-state index contributed by atoms with van der Waals surface area (Å²) in [4.78, 5) is 15.0. The number of para-hydroxylation sites is 1. The first-order chi connectivity index (χ1) is 26.3. The lowest BCUT2D eigenvalue weighted by atomic mass is 9.91. The monoisotopic (exact) mass is 677 g/mol. The van der Waals surface area contributed by atoms with Gasteiger partial charge in [0.05, 0.1) is 0 Å². The van der Waals surface area contributed by atoms with Gasteiger partial charge in [-0.2, -0.15) is 0 Å². The zero-order valence-corrected chi connectivity index (χ0v) is 28.6. The molecular formula is C49H31N3O. The Bertz CT molecular complexity index is 2870. The molecule has 0 unspecified atom stereocenters. The molecule has 8 aromatic carbocycles. The van der Waals surface area contributed by atoms with Gasteiger partial charge in [0.2, 0.25) is 0 Å². The van der Waals surface area contributed by atoms with E-state index in [4.69, 9.17) is 19.4 Å². The summed E-state index contributed by atoms with van der Waals surface area (Å²) in [6, 6.07) is 65.1. The first-order valence-corrected chi connectivity index (χ1v) is 17.8. The first kappa shape index (κ1) is 30.6. The van der Waals surface area contributed by atoms with Gasteiger partial charge in [-0.05, 0) is 45.2 Å². The fourth-order valence-corrected chi connectivity index (χ4v) is 7.42. The van der Waals surface area contributed by atoms with Crippen LogP contribution in [0.5, 0.6) is 0 Å². The van der Waals surface area contributed by atoms with Crippen LogP contribution in [0, 0.1) is 0 Å². The second-order valence-corrected chi connectivity index (χ2v) is 13.2. The Kier molecular flexibility index (Phi) is 7.43. The molecule has 10 rings (SSSR count). The van der Waals surface area contributed by atoms with Crippen LogP contribution >= 0.6 is 0 Å². The van der Waals surface area contributed by atoms with Crippen LogP contribution < -0.4 is 0 Å². The molecule has 0 aliphatic carbocycles. The molecule has 2 aromatic heterocycles. The largest absolute Gasteiger partial charge is 0.455 e. The van der Waals surface area contributed by atoms with E-state index in [1.165, 1.54) is 10.8 Å². The van der Waals surface area contributed by atoms with Crippen LogP contribution in [0.3, 0.4) is 0 Å². The van der Waals surface area contributed by atoms with Crippen molar-refractivity contribution in [2.45, 2.75) is 0 Å². The van der Waals surface area contributed by atoms with E-state index in [0.29, 0.717) is 17.5 Å². The molecule has 10 aromatic rings. The van der Waals surface area contributed by atoms with Crippen molar-refractivity contribution in [1.29, 1.82) is 0 Å². The molecular weight excluding hydrogens is 647 g/mol. The lowest BCUT2D eigenvalue weighted by Crippen LogP contribution is -2.00. The molecule has 0 aliphatic rings. The van der Waals surface area contributed by atoms with Crippen LogP contribution in [0.25, 0.3) is 100 Å². The van der Waals surface area contributed by atoms with E-state index in [-0.39, 0.29) is 0 Å². The van der Waals surface area contributed by atoms with Crippen molar-refractivity contribution in [3.63, 3.8) is 0 Å². The maximum atomic E-state index is 7.05. The Hall–Kier alpha value is -7.17. The van der Waals surface area contributed by atoms with Gasteiger partial charge in [-0.1, -0.05) is 176 Å². The second kappa shape index (κ2) is 12.9. The molecule has 0 radical (unpaired) electrons.